The van der Waals surface area contributed by atoms with Gasteiger partial charge in [-0.05, 0) is 12.6 Å². The lowest BCUT2D eigenvalue weighted by Gasteiger charge is -2.15. The number of pyridine rings is 1. The minimum absolute atomic E-state index is 0.212. The van der Waals surface area contributed by atoms with Gasteiger partial charge < -0.3 is 15.4 Å². The van der Waals surface area contributed by atoms with Crippen molar-refractivity contribution in [3.8, 4) is 5.88 Å². The Balaban J connectivity index is 2.47. The topological polar surface area (TPSA) is 63.2 Å². The van der Waals surface area contributed by atoms with E-state index in [1.54, 1.807) is 0 Å². The van der Waals surface area contributed by atoms with Crippen LogP contribution in [0.5, 0.6) is 5.88 Å². The lowest BCUT2D eigenvalue weighted by atomic mass is 10.2. The Hall–Kier alpha value is -1.90. The first-order valence-electron chi connectivity index (χ1n) is 6.60. The molecule has 9 heteroatoms. The second-order valence-corrected chi connectivity index (χ2v) is 4.34. The maximum Gasteiger partial charge on any atom is 0.340 e. The molecule has 1 amide bonds. The molecule has 1 heterocycles. The van der Waals surface area contributed by atoms with Crippen LogP contribution in [0.3, 0.4) is 0 Å². The molecule has 124 valence electrons. The number of rotatable bonds is 9. The summed E-state index contributed by atoms with van der Waals surface area (Å²) in [5.41, 5.74) is 0.212. The average Bonchev–Trinajstić information content (AvgIpc) is 2.50. The third kappa shape index (κ3) is 5.84. The normalized spacial score (nSPS) is 11.5. The number of ether oxygens (including phenoxy) is 1. The monoisotopic (exact) mass is 323 g/mol. The van der Waals surface area contributed by atoms with Crippen LogP contribution in [0.15, 0.2) is 18.3 Å². The smallest absolute Gasteiger partial charge is 0.340 e. The first kappa shape index (κ1) is 18.1. The van der Waals surface area contributed by atoms with Gasteiger partial charge in [-0.1, -0.05) is 6.92 Å². The first-order valence-corrected chi connectivity index (χ1v) is 6.60. The van der Waals surface area contributed by atoms with Gasteiger partial charge in [-0.2, -0.15) is 8.78 Å². The maximum atomic E-state index is 12.7. The van der Waals surface area contributed by atoms with Gasteiger partial charge >= 0.3 is 12.3 Å². The summed E-state index contributed by atoms with van der Waals surface area (Å²) in [6.07, 6.45) is -2.69. The van der Waals surface area contributed by atoms with Crippen molar-refractivity contribution in [3.63, 3.8) is 0 Å². The maximum absolute atomic E-state index is 12.7. The van der Waals surface area contributed by atoms with E-state index in [-0.39, 0.29) is 17.4 Å². The van der Waals surface area contributed by atoms with Gasteiger partial charge in [-0.25, -0.2) is 13.8 Å². The summed E-state index contributed by atoms with van der Waals surface area (Å²) >= 11 is 0. The van der Waals surface area contributed by atoms with Gasteiger partial charge in [0.1, 0.15) is 0 Å². The van der Waals surface area contributed by atoms with E-state index in [4.69, 9.17) is 0 Å². The highest BCUT2D eigenvalue weighted by atomic mass is 19.3. The Bertz CT molecular complexity index is 469. The molecule has 0 bridgehead atoms. The summed E-state index contributed by atoms with van der Waals surface area (Å²) in [5.74, 6) is -4.89. The fourth-order valence-corrected chi connectivity index (χ4v) is 1.38. The summed E-state index contributed by atoms with van der Waals surface area (Å²) in [6.45, 7) is 2.27. The van der Waals surface area contributed by atoms with Crippen LogP contribution in [-0.4, -0.2) is 49.5 Å². The number of nitrogens with zero attached hydrogens (tertiary/aromatic N) is 1. The van der Waals surface area contributed by atoms with Gasteiger partial charge in [0.05, 0.1) is 5.56 Å². The highest BCUT2D eigenvalue weighted by Crippen LogP contribution is 2.23. The van der Waals surface area contributed by atoms with Crippen molar-refractivity contribution >= 4 is 5.91 Å². The molecule has 0 aromatic carbocycles. The zero-order chi connectivity index (χ0) is 16.6. The van der Waals surface area contributed by atoms with Crippen LogP contribution < -0.4 is 15.4 Å². The minimum Gasteiger partial charge on any atom is -0.471 e. The zero-order valence-corrected chi connectivity index (χ0v) is 11.9. The quantitative estimate of drug-likeness (QED) is 0.536. The Kier molecular flexibility index (Phi) is 7.03. The second kappa shape index (κ2) is 8.52. The van der Waals surface area contributed by atoms with E-state index >= 15 is 0 Å². The van der Waals surface area contributed by atoms with E-state index in [0.29, 0.717) is 13.1 Å². The molecule has 0 aliphatic heterocycles. The van der Waals surface area contributed by atoms with Crippen molar-refractivity contribution in [2.45, 2.75) is 19.3 Å². The molecule has 0 fully saturated rings. The number of alkyl halides is 4. The Labute approximate surface area is 125 Å². The predicted molar refractivity (Wildman–Crippen MR) is 71.6 cm³/mol. The molecule has 1 aromatic heterocycles. The van der Waals surface area contributed by atoms with Gasteiger partial charge in [0.25, 0.3) is 5.91 Å². The highest BCUT2D eigenvalue weighted by Gasteiger charge is 2.41. The number of halogens is 4. The molecule has 0 saturated carbocycles. The molecule has 2 N–H and O–H groups in total. The summed E-state index contributed by atoms with van der Waals surface area (Å²) in [7, 11) is 0. The van der Waals surface area contributed by atoms with E-state index in [9.17, 15) is 22.4 Å². The molecule has 0 radical (unpaired) electrons. The average molecular weight is 323 g/mol. The lowest BCUT2D eigenvalue weighted by molar-refractivity contribution is -0.148. The van der Waals surface area contributed by atoms with Crippen LogP contribution in [0.1, 0.15) is 17.3 Å². The molecule has 0 atom stereocenters. The highest BCUT2D eigenvalue weighted by molar-refractivity contribution is 5.93. The number of likely N-dealkylation sites (N-methyl/N-ethyl adjacent to an activating group) is 1. The van der Waals surface area contributed by atoms with Crippen LogP contribution >= 0.6 is 0 Å². The number of carbonyl (C=O) groups is 1. The standard InChI is InChI=1S/C13H17F4N3O2/c1-2-18-5-6-19-11(21)9-3-4-10(20-7-9)22-8-13(16,17)12(14)15/h3-4,7,12,18H,2,5-6,8H2,1H3,(H,19,21). The molecule has 1 rings (SSSR count). The molecule has 5 nitrogen and oxygen atoms in total. The van der Waals surface area contributed by atoms with Crippen molar-refractivity contribution in [2.24, 2.45) is 0 Å². The van der Waals surface area contributed by atoms with Gasteiger partial charge in [0, 0.05) is 25.4 Å². The van der Waals surface area contributed by atoms with Crippen molar-refractivity contribution in [2.75, 3.05) is 26.2 Å². The summed E-state index contributed by atoms with van der Waals surface area (Å²) in [5, 5.41) is 5.64. The third-order valence-electron chi connectivity index (χ3n) is 2.57. The van der Waals surface area contributed by atoms with Crippen LogP contribution in [0.4, 0.5) is 17.6 Å². The fraction of sp³-hybridized carbons (Fsp3) is 0.538. The number of aromatic nitrogens is 1. The van der Waals surface area contributed by atoms with Crippen molar-refractivity contribution < 1.29 is 27.1 Å². The number of amides is 1. The van der Waals surface area contributed by atoms with Crippen LogP contribution in [0.2, 0.25) is 0 Å². The number of carbonyl (C=O) groups excluding carboxylic acids is 1. The number of hydrogen-bond acceptors (Lipinski definition) is 4. The SMILES string of the molecule is CCNCCNC(=O)c1ccc(OCC(F)(F)C(F)F)nc1. The van der Waals surface area contributed by atoms with Crippen molar-refractivity contribution in [1.29, 1.82) is 0 Å². The van der Waals surface area contributed by atoms with Crippen molar-refractivity contribution in [1.82, 2.24) is 15.6 Å². The van der Waals surface area contributed by atoms with E-state index < -0.39 is 19.0 Å². The van der Waals surface area contributed by atoms with Crippen LogP contribution in [0, 0.1) is 0 Å². The van der Waals surface area contributed by atoms with Gasteiger partial charge in [0.2, 0.25) is 5.88 Å². The summed E-state index contributed by atoms with van der Waals surface area (Å²) in [6, 6.07) is 2.48. The zero-order valence-electron chi connectivity index (χ0n) is 11.9. The summed E-state index contributed by atoms with van der Waals surface area (Å²) < 4.78 is 53.7. The molecular formula is C13H17F4N3O2. The van der Waals surface area contributed by atoms with Crippen LogP contribution in [-0.2, 0) is 0 Å². The second-order valence-electron chi connectivity index (χ2n) is 4.34. The van der Waals surface area contributed by atoms with Gasteiger partial charge in [-0.3, -0.25) is 4.79 Å². The van der Waals surface area contributed by atoms with E-state index in [1.807, 2.05) is 6.92 Å². The molecule has 0 unspecified atom stereocenters. The van der Waals surface area contributed by atoms with Crippen LogP contribution in [0.25, 0.3) is 0 Å². The van der Waals surface area contributed by atoms with Gasteiger partial charge in [-0.15, -0.1) is 0 Å². The van der Waals surface area contributed by atoms with E-state index in [0.717, 1.165) is 12.7 Å². The fourth-order valence-electron chi connectivity index (χ4n) is 1.38. The first-order chi connectivity index (χ1) is 10.4. The molecule has 0 aliphatic rings. The predicted octanol–water partition coefficient (Wildman–Crippen LogP) is 1.70. The Morgan fingerprint density at radius 2 is 2.09 bits per heavy atom. The van der Waals surface area contributed by atoms with Crippen molar-refractivity contribution in [3.05, 3.63) is 23.9 Å². The molecule has 0 aliphatic carbocycles. The molecular weight excluding hydrogens is 306 g/mol. The lowest BCUT2D eigenvalue weighted by Crippen LogP contribution is -2.34. The third-order valence-corrected chi connectivity index (χ3v) is 2.57. The molecule has 0 saturated heterocycles. The van der Waals surface area contributed by atoms with E-state index in [1.165, 1.54) is 12.1 Å². The Morgan fingerprint density at radius 3 is 2.64 bits per heavy atom. The molecule has 22 heavy (non-hydrogen) atoms. The number of nitrogens with one attached hydrogen (secondary N) is 2. The molecule has 1 aromatic rings. The molecule has 0 spiro atoms. The minimum atomic E-state index is -4.25. The van der Waals surface area contributed by atoms with E-state index in [2.05, 4.69) is 20.4 Å². The largest absolute Gasteiger partial charge is 0.471 e. The Morgan fingerprint density at radius 1 is 1.36 bits per heavy atom. The van der Waals surface area contributed by atoms with Gasteiger partial charge in [0.15, 0.2) is 6.61 Å². The number of hydrogen-bond donors (Lipinski definition) is 2. The summed E-state index contributed by atoms with van der Waals surface area (Å²) in [4.78, 5) is 15.3.